The van der Waals surface area contributed by atoms with Crippen molar-refractivity contribution >= 4 is 21.6 Å². The summed E-state index contributed by atoms with van der Waals surface area (Å²) >= 11 is 5.75. The van der Waals surface area contributed by atoms with Gasteiger partial charge in [-0.15, -0.1) is 11.6 Å². The predicted octanol–water partition coefficient (Wildman–Crippen LogP) is 1.94. The first-order valence-electron chi connectivity index (χ1n) is 5.70. The first-order valence-corrected chi connectivity index (χ1v) is 7.67. The Morgan fingerprint density at radius 1 is 1.53 bits per heavy atom. The number of aromatic nitrogens is 1. The van der Waals surface area contributed by atoms with Gasteiger partial charge in [-0.05, 0) is 25.8 Å². The second kappa shape index (κ2) is 4.63. The average Bonchev–Trinajstić information content (AvgIpc) is 2.84. The van der Waals surface area contributed by atoms with Gasteiger partial charge in [-0.2, -0.15) is 4.31 Å². The van der Waals surface area contributed by atoms with Gasteiger partial charge in [0, 0.05) is 31.5 Å². The molecule has 0 bridgehead atoms. The number of halogens is 1. The molecule has 0 saturated carbocycles. The van der Waals surface area contributed by atoms with Crippen molar-refractivity contribution < 1.29 is 8.42 Å². The van der Waals surface area contributed by atoms with Crippen molar-refractivity contribution in [2.45, 2.75) is 36.6 Å². The van der Waals surface area contributed by atoms with Crippen molar-refractivity contribution in [1.82, 2.24) is 8.87 Å². The highest BCUT2D eigenvalue weighted by Gasteiger charge is 2.33. The molecular weight excluding hydrogens is 260 g/mol. The molecule has 1 aliphatic heterocycles. The van der Waals surface area contributed by atoms with E-state index in [0.29, 0.717) is 17.3 Å². The van der Waals surface area contributed by atoms with Gasteiger partial charge in [0.25, 0.3) is 0 Å². The van der Waals surface area contributed by atoms with E-state index in [1.54, 1.807) is 21.1 Å². The molecule has 2 heterocycles. The molecule has 4 nitrogen and oxygen atoms in total. The molecule has 0 N–H and O–H groups in total. The smallest absolute Gasteiger partial charge is 0.244 e. The van der Waals surface area contributed by atoms with Gasteiger partial charge in [-0.25, -0.2) is 8.42 Å². The second-order valence-electron chi connectivity index (χ2n) is 4.52. The maximum atomic E-state index is 12.4. The second-order valence-corrected chi connectivity index (χ2v) is 6.68. The predicted molar refractivity (Wildman–Crippen MR) is 67.6 cm³/mol. The van der Waals surface area contributed by atoms with E-state index in [1.165, 1.54) is 0 Å². The van der Waals surface area contributed by atoms with Crippen molar-refractivity contribution in [3.8, 4) is 0 Å². The van der Waals surface area contributed by atoms with E-state index in [4.69, 9.17) is 11.6 Å². The Kier molecular flexibility index (Phi) is 3.52. The van der Waals surface area contributed by atoms with Gasteiger partial charge in [0.05, 0.1) is 5.88 Å². The molecule has 1 aliphatic rings. The summed E-state index contributed by atoms with van der Waals surface area (Å²) in [6.45, 7) is 2.57. The van der Waals surface area contributed by atoms with Crippen molar-refractivity contribution in [2.24, 2.45) is 7.05 Å². The largest absolute Gasteiger partial charge is 0.352 e. The number of hydrogen-bond acceptors (Lipinski definition) is 2. The van der Waals surface area contributed by atoms with Crippen molar-refractivity contribution in [3.63, 3.8) is 0 Å². The molecule has 0 aromatic carbocycles. The normalized spacial score (nSPS) is 22.2. The third-order valence-corrected chi connectivity index (χ3v) is 5.57. The molecule has 0 amide bonds. The molecule has 0 radical (unpaired) electrons. The molecule has 1 atom stereocenters. The van der Waals surface area contributed by atoms with Crippen molar-refractivity contribution in [3.05, 3.63) is 18.0 Å². The van der Waals surface area contributed by atoms with Crippen molar-refractivity contribution in [2.75, 3.05) is 6.54 Å². The molecule has 17 heavy (non-hydrogen) atoms. The summed E-state index contributed by atoms with van der Waals surface area (Å²) < 4.78 is 28.1. The summed E-state index contributed by atoms with van der Waals surface area (Å²) in [5.74, 6) is 0.321. The first kappa shape index (κ1) is 12.9. The Bertz CT molecular complexity index is 510. The minimum absolute atomic E-state index is 0.0969. The Morgan fingerprint density at radius 2 is 2.24 bits per heavy atom. The molecule has 2 rings (SSSR count). The lowest BCUT2D eigenvalue weighted by Gasteiger charge is -2.19. The molecule has 0 spiro atoms. The van der Waals surface area contributed by atoms with Crippen molar-refractivity contribution in [1.29, 1.82) is 0 Å². The third-order valence-electron chi connectivity index (χ3n) is 3.32. The average molecular weight is 277 g/mol. The zero-order valence-electron chi connectivity index (χ0n) is 10.1. The molecule has 1 unspecified atom stereocenters. The molecule has 1 fully saturated rings. The SMILES string of the molecule is CC1CCCN1S(=O)(=O)c1cc(CCl)n(C)c1. The quantitative estimate of drug-likeness (QED) is 0.792. The number of hydrogen-bond donors (Lipinski definition) is 0. The summed E-state index contributed by atoms with van der Waals surface area (Å²) in [6, 6.07) is 1.76. The summed E-state index contributed by atoms with van der Waals surface area (Å²) in [5, 5.41) is 0. The van der Waals surface area contributed by atoms with E-state index in [1.807, 2.05) is 14.0 Å². The number of nitrogens with zero attached hydrogens (tertiary/aromatic N) is 2. The van der Waals surface area contributed by atoms with E-state index in [-0.39, 0.29) is 6.04 Å². The molecule has 96 valence electrons. The summed E-state index contributed by atoms with van der Waals surface area (Å²) in [5.41, 5.74) is 0.817. The first-order chi connectivity index (χ1) is 7.96. The molecule has 0 aliphatic carbocycles. The molecule has 1 aromatic heterocycles. The van der Waals surface area contributed by atoms with Gasteiger partial charge >= 0.3 is 0 Å². The zero-order chi connectivity index (χ0) is 12.6. The Morgan fingerprint density at radius 3 is 2.71 bits per heavy atom. The minimum atomic E-state index is -3.35. The Labute approximate surface area is 107 Å². The van der Waals surface area contributed by atoms with Crippen LogP contribution < -0.4 is 0 Å². The van der Waals surface area contributed by atoms with Crippen LogP contribution in [0.4, 0.5) is 0 Å². The van der Waals surface area contributed by atoms with Gasteiger partial charge in [0.2, 0.25) is 10.0 Å². The maximum absolute atomic E-state index is 12.4. The van der Waals surface area contributed by atoms with E-state index < -0.39 is 10.0 Å². The maximum Gasteiger partial charge on any atom is 0.244 e. The summed E-state index contributed by atoms with van der Waals surface area (Å²) in [6.07, 6.45) is 3.52. The lowest BCUT2D eigenvalue weighted by molar-refractivity contribution is 0.408. The number of rotatable bonds is 3. The van der Waals surface area contributed by atoms with E-state index >= 15 is 0 Å². The van der Waals surface area contributed by atoms with Gasteiger partial charge in [-0.1, -0.05) is 0 Å². The number of aryl methyl sites for hydroxylation is 1. The minimum Gasteiger partial charge on any atom is -0.352 e. The highest BCUT2D eigenvalue weighted by atomic mass is 35.5. The van der Waals surface area contributed by atoms with Crippen LogP contribution in [0.3, 0.4) is 0 Å². The van der Waals surface area contributed by atoms with E-state index in [9.17, 15) is 8.42 Å². The summed E-state index contributed by atoms with van der Waals surface area (Å²) in [7, 11) is -1.54. The van der Waals surface area contributed by atoms with Crippen LogP contribution in [-0.4, -0.2) is 29.9 Å². The monoisotopic (exact) mass is 276 g/mol. The van der Waals surface area contributed by atoms with Crippen LogP contribution >= 0.6 is 11.6 Å². The van der Waals surface area contributed by atoms with Crippen LogP contribution in [0.2, 0.25) is 0 Å². The molecule has 1 saturated heterocycles. The fraction of sp³-hybridized carbons (Fsp3) is 0.636. The molecular formula is C11H17ClN2O2S. The van der Waals surface area contributed by atoms with Gasteiger partial charge in [0.1, 0.15) is 4.90 Å². The van der Waals surface area contributed by atoms with Gasteiger partial charge < -0.3 is 4.57 Å². The van der Waals surface area contributed by atoms with Crippen LogP contribution in [0.1, 0.15) is 25.5 Å². The topological polar surface area (TPSA) is 42.3 Å². The van der Waals surface area contributed by atoms with Crippen LogP contribution in [0, 0.1) is 0 Å². The Hall–Kier alpha value is -0.520. The molecule has 6 heteroatoms. The third kappa shape index (κ3) is 2.23. The standard InChI is InChI=1S/C11H17ClN2O2S/c1-9-4-3-5-14(9)17(15,16)11-6-10(7-12)13(2)8-11/h6,8-9H,3-5,7H2,1-2H3. The summed E-state index contributed by atoms with van der Waals surface area (Å²) in [4.78, 5) is 0.351. The lowest BCUT2D eigenvalue weighted by atomic mass is 10.3. The molecule has 1 aromatic rings. The van der Waals surface area contributed by atoms with E-state index in [2.05, 4.69) is 0 Å². The van der Waals surface area contributed by atoms with Gasteiger partial charge in [0.15, 0.2) is 0 Å². The van der Waals surface area contributed by atoms with Crippen LogP contribution in [-0.2, 0) is 23.0 Å². The zero-order valence-corrected chi connectivity index (χ0v) is 11.6. The number of alkyl halides is 1. The lowest BCUT2D eigenvalue weighted by Crippen LogP contribution is -2.33. The highest BCUT2D eigenvalue weighted by Crippen LogP contribution is 2.26. The van der Waals surface area contributed by atoms with Crippen LogP contribution in [0.15, 0.2) is 17.2 Å². The highest BCUT2D eigenvalue weighted by molar-refractivity contribution is 7.89. The fourth-order valence-electron chi connectivity index (χ4n) is 2.25. The van der Waals surface area contributed by atoms with Gasteiger partial charge in [-0.3, -0.25) is 0 Å². The number of sulfonamides is 1. The van der Waals surface area contributed by atoms with Crippen LogP contribution in [0.5, 0.6) is 0 Å². The van der Waals surface area contributed by atoms with Crippen LogP contribution in [0.25, 0.3) is 0 Å². The van der Waals surface area contributed by atoms with E-state index in [0.717, 1.165) is 18.5 Å². The Balaban J connectivity index is 2.37. The fourth-order valence-corrected chi connectivity index (χ4v) is 4.31.